The lowest BCUT2D eigenvalue weighted by Gasteiger charge is -2.17. The third-order valence-electron chi connectivity index (χ3n) is 5.43. The molecule has 1 amide bonds. The minimum atomic E-state index is -0.323. The molecule has 0 saturated carbocycles. The first-order valence-electron chi connectivity index (χ1n) is 10.8. The quantitative estimate of drug-likeness (QED) is 0.251. The summed E-state index contributed by atoms with van der Waals surface area (Å²) in [4.78, 5) is 38.1. The van der Waals surface area contributed by atoms with Crippen molar-refractivity contribution < 1.29 is 23.9 Å². The minimum absolute atomic E-state index is 0.0764. The average Bonchev–Trinajstić information content (AvgIpc) is 3.08. The Balaban J connectivity index is 1.61. The van der Waals surface area contributed by atoms with Crippen molar-refractivity contribution in [3.8, 4) is 11.5 Å². The van der Waals surface area contributed by atoms with E-state index in [2.05, 4.69) is 37.2 Å². The van der Waals surface area contributed by atoms with Crippen LogP contribution >= 0.6 is 31.9 Å². The topological polar surface area (TPSA) is 81.7 Å². The maximum Gasteiger partial charge on any atom is 0.262 e. The molecule has 3 aromatic rings. The zero-order chi connectivity index (χ0) is 25.1. The monoisotopic (exact) mass is 597 g/mol. The molecule has 4 rings (SSSR count). The van der Waals surface area contributed by atoms with Crippen molar-refractivity contribution in [1.29, 1.82) is 0 Å². The van der Waals surface area contributed by atoms with Crippen molar-refractivity contribution in [2.75, 3.05) is 18.5 Å². The molecule has 0 aromatic heterocycles. The number of carbonyl (C=O) groups is 3. The third-order valence-corrected chi connectivity index (χ3v) is 7.57. The van der Waals surface area contributed by atoms with E-state index < -0.39 is 0 Å². The highest BCUT2D eigenvalue weighted by Crippen LogP contribution is 2.44. The molecule has 178 valence electrons. The SMILES string of the molecule is CCOc1cc(C=C2C(=O)c3ccccc3C2=O)c(Br)c(Br)c1OCC(=O)Nc1ccccc1C. The highest BCUT2D eigenvalue weighted by molar-refractivity contribution is 9.13. The van der Waals surface area contributed by atoms with Gasteiger partial charge in [-0.15, -0.1) is 0 Å². The number of rotatable bonds is 7. The van der Waals surface area contributed by atoms with Gasteiger partial charge in [0.2, 0.25) is 0 Å². The number of carbonyl (C=O) groups excluding carboxylic acids is 3. The molecule has 0 heterocycles. The van der Waals surface area contributed by atoms with Gasteiger partial charge in [0, 0.05) is 21.3 Å². The zero-order valence-corrected chi connectivity index (χ0v) is 22.2. The Bertz CT molecular complexity index is 1340. The average molecular weight is 599 g/mol. The van der Waals surface area contributed by atoms with Crippen molar-refractivity contribution in [2.24, 2.45) is 0 Å². The smallest absolute Gasteiger partial charge is 0.262 e. The molecule has 0 atom stereocenters. The van der Waals surface area contributed by atoms with Gasteiger partial charge in [-0.2, -0.15) is 0 Å². The van der Waals surface area contributed by atoms with E-state index in [0.717, 1.165) is 5.56 Å². The first-order chi connectivity index (χ1) is 16.8. The molecule has 3 aromatic carbocycles. The van der Waals surface area contributed by atoms with Crippen LogP contribution in [-0.4, -0.2) is 30.7 Å². The molecule has 1 N–H and O–H groups in total. The number of benzene rings is 3. The summed E-state index contributed by atoms with van der Waals surface area (Å²) in [6.07, 6.45) is 1.54. The van der Waals surface area contributed by atoms with Crippen LogP contribution in [0.25, 0.3) is 6.08 Å². The summed E-state index contributed by atoms with van der Waals surface area (Å²) in [5.41, 5.74) is 3.07. The fourth-order valence-electron chi connectivity index (χ4n) is 3.70. The maximum absolute atomic E-state index is 12.8. The van der Waals surface area contributed by atoms with E-state index in [9.17, 15) is 14.4 Å². The summed E-state index contributed by atoms with van der Waals surface area (Å²) in [5.74, 6) is -0.267. The number of aryl methyl sites for hydroxylation is 1. The zero-order valence-electron chi connectivity index (χ0n) is 19.0. The fourth-order valence-corrected chi connectivity index (χ4v) is 4.65. The van der Waals surface area contributed by atoms with Crippen molar-refractivity contribution in [3.05, 3.63) is 91.4 Å². The van der Waals surface area contributed by atoms with E-state index in [-0.39, 0.29) is 29.7 Å². The van der Waals surface area contributed by atoms with Crippen molar-refractivity contribution >= 4 is 61.1 Å². The predicted octanol–water partition coefficient (Wildman–Crippen LogP) is 6.40. The van der Waals surface area contributed by atoms with Gasteiger partial charge < -0.3 is 14.8 Å². The number of hydrogen-bond donors (Lipinski definition) is 1. The van der Waals surface area contributed by atoms with Crippen LogP contribution in [0.1, 0.15) is 38.8 Å². The van der Waals surface area contributed by atoms with Gasteiger partial charge >= 0.3 is 0 Å². The maximum atomic E-state index is 12.8. The standard InChI is InChI=1S/C27H21Br2NO5/c1-3-34-21-13-16(12-19-25(32)17-9-5-6-10-18(17)26(19)33)23(28)24(29)27(21)35-14-22(31)30-20-11-7-4-8-15(20)2/h4-13H,3,14H2,1-2H3,(H,30,31). The molecule has 35 heavy (non-hydrogen) atoms. The van der Waals surface area contributed by atoms with Gasteiger partial charge in [0.25, 0.3) is 5.91 Å². The van der Waals surface area contributed by atoms with Gasteiger partial charge in [0.1, 0.15) is 0 Å². The van der Waals surface area contributed by atoms with Crippen LogP contribution in [0.15, 0.2) is 69.1 Å². The van der Waals surface area contributed by atoms with E-state index in [1.165, 1.54) is 6.08 Å². The van der Waals surface area contributed by atoms with Crippen molar-refractivity contribution in [1.82, 2.24) is 0 Å². The highest BCUT2D eigenvalue weighted by Gasteiger charge is 2.33. The molecule has 0 aliphatic heterocycles. The van der Waals surface area contributed by atoms with Crippen LogP contribution in [0.3, 0.4) is 0 Å². The number of nitrogens with one attached hydrogen (secondary N) is 1. The van der Waals surface area contributed by atoms with Gasteiger partial charge in [0.05, 0.1) is 16.7 Å². The number of ether oxygens (including phenoxy) is 2. The molecule has 0 saturated heterocycles. The Morgan fingerprint density at radius 3 is 2.20 bits per heavy atom. The molecule has 8 heteroatoms. The van der Waals surface area contributed by atoms with Crippen LogP contribution in [0, 0.1) is 6.92 Å². The van der Waals surface area contributed by atoms with E-state index in [4.69, 9.17) is 9.47 Å². The lowest BCUT2D eigenvalue weighted by molar-refractivity contribution is -0.118. The predicted molar refractivity (Wildman–Crippen MR) is 141 cm³/mol. The third kappa shape index (κ3) is 5.09. The van der Waals surface area contributed by atoms with Crippen LogP contribution in [0.2, 0.25) is 0 Å². The number of fused-ring (bicyclic) bond motifs is 1. The molecule has 0 fully saturated rings. The van der Waals surface area contributed by atoms with Crippen LogP contribution in [-0.2, 0) is 4.79 Å². The second-order valence-corrected chi connectivity index (χ2v) is 9.35. The number of hydrogen-bond acceptors (Lipinski definition) is 5. The number of Topliss-reactive ketones (excluding diaryl/α,β-unsaturated/α-hetero) is 2. The summed E-state index contributed by atoms with van der Waals surface area (Å²) >= 11 is 7.02. The molecule has 0 spiro atoms. The van der Waals surface area contributed by atoms with Crippen molar-refractivity contribution in [3.63, 3.8) is 0 Å². The van der Waals surface area contributed by atoms with Crippen LogP contribution < -0.4 is 14.8 Å². The second-order valence-electron chi connectivity index (χ2n) is 7.77. The molecule has 0 bridgehead atoms. The van der Waals surface area contributed by atoms with Gasteiger partial charge in [-0.25, -0.2) is 0 Å². The van der Waals surface area contributed by atoms with Crippen LogP contribution in [0.4, 0.5) is 5.69 Å². The lowest BCUT2D eigenvalue weighted by atomic mass is 10.1. The molecule has 0 radical (unpaired) electrons. The van der Waals surface area contributed by atoms with E-state index in [1.54, 1.807) is 30.3 Å². The first-order valence-corrected chi connectivity index (χ1v) is 12.4. The Morgan fingerprint density at radius 2 is 1.57 bits per heavy atom. The van der Waals surface area contributed by atoms with E-state index >= 15 is 0 Å². The van der Waals surface area contributed by atoms with Gasteiger partial charge in [-0.1, -0.05) is 42.5 Å². The normalized spacial score (nSPS) is 12.4. The summed E-state index contributed by atoms with van der Waals surface area (Å²) in [6, 6.07) is 15.9. The van der Waals surface area contributed by atoms with E-state index in [0.29, 0.717) is 49.4 Å². The number of para-hydroxylation sites is 1. The second kappa shape index (κ2) is 10.6. The molecule has 1 aliphatic carbocycles. The van der Waals surface area contributed by atoms with Gasteiger partial charge in [-0.3, -0.25) is 14.4 Å². The van der Waals surface area contributed by atoms with E-state index in [1.807, 2.05) is 38.1 Å². The van der Waals surface area contributed by atoms with Crippen LogP contribution in [0.5, 0.6) is 11.5 Å². The van der Waals surface area contributed by atoms with Gasteiger partial charge in [0.15, 0.2) is 29.7 Å². The Kier molecular flexibility index (Phi) is 7.52. The number of anilines is 1. The Morgan fingerprint density at radius 1 is 0.943 bits per heavy atom. The number of amides is 1. The Labute approximate surface area is 219 Å². The van der Waals surface area contributed by atoms with Crippen molar-refractivity contribution in [2.45, 2.75) is 13.8 Å². The number of halogens is 2. The number of allylic oxidation sites excluding steroid dienone is 1. The summed E-state index contributed by atoms with van der Waals surface area (Å²) in [5, 5.41) is 2.83. The molecule has 0 unspecified atom stereocenters. The molecular formula is C27H21Br2NO5. The minimum Gasteiger partial charge on any atom is -0.490 e. The largest absolute Gasteiger partial charge is 0.490 e. The Hall–Kier alpha value is -3.23. The fraction of sp³-hybridized carbons (Fsp3) is 0.148. The summed E-state index contributed by atoms with van der Waals surface area (Å²) in [6.45, 7) is 3.83. The molecule has 6 nitrogen and oxygen atoms in total. The van der Waals surface area contributed by atoms with Gasteiger partial charge in [-0.05, 0) is 75.0 Å². The highest BCUT2D eigenvalue weighted by atomic mass is 79.9. The molecule has 1 aliphatic rings. The lowest BCUT2D eigenvalue weighted by Crippen LogP contribution is -2.21. The summed E-state index contributed by atoms with van der Waals surface area (Å²) in [7, 11) is 0. The number of ketones is 2. The molecular weight excluding hydrogens is 578 g/mol. The summed E-state index contributed by atoms with van der Waals surface area (Å²) < 4.78 is 12.6. The first kappa shape index (κ1) is 24.9.